The average molecular weight is 261 g/mol. The number of pyridine rings is 1. The van der Waals surface area contributed by atoms with Crippen LogP contribution < -0.4 is 5.56 Å². The highest BCUT2D eigenvalue weighted by Gasteiger charge is 2.06. The van der Waals surface area contributed by atoms with E-state index in [9.17, 15) is 9.90 Å². The second-order valence-corrected chi connectivity index (χ2v) is 4.89. The van der Waals surface area contributed by atoms with E-state index in [2.05, 4.69) is 4.98 Å². The SMILES string of the molecule is CC(O)CCN(C)Cc1cc(=O)n2ccccc2n1. The van der Waals surface area contributed by atoms with Crippen molar-refractivity contribution in [1.29, 1.82) is 0 Å². The van der Waals surface area contributed by atoms with Crippen molar-refractivity contribution in [3.63, 3.8) is 0 Å². The van der Waals surface area contributed by atoms with Gasteiger partial charge in [0.15, 0.2) is 0 Å². The lowest BCUT2D eigenvalue weighted by atomic mass is 10.2. The zero-order valence-corrected chi connectivity index (χ0v) is 11.3. The summed E-state index contributed by atoms with van der Waals surface area (Å²) in [5, 5.41) is 9.26. The van der Waals surface area contributed by atoms with Gasteiger partial charge in [0, 0.05) is 25.4 Å². The van der Waals surface area contributed by atoms with E-state index in [1.165, 1.54) is 4.40 Å². The Bertz CT molecular complexity index is 607. The van der Waals surface area contributed by atoms with Crippen LogP contribution >= 0.6 is 0 Å². The largest absolute Gasteiger partial charge is 0.393 e. The molecule has 0 bridgehead atoms. The van der Waals surface area contributed by atoms with Crippen molar-refractivity contribution in [2.45, 2.75) is 26.0 Å². The van der Waals surface area contributed by atoms with E-state index < -0.39 is 0 Å². The maximum atomic E-state index is 11.9. The van der Waals surface area contributed by atoms with E-state index in [1.54, 1.807) is 19.2 Å². The fourth-order valence-corrected chi connectivity index (χ4v) is 1.95. The van der Waals surface area contributed by atoms with Gasteiger partial charge in [0.25, 0.3) is 5.56 Å². The Labute approximate surface area is 112 Å². The van der Waals surface area contributed by atoms with Gasteiger partial charge in [-0.05, 0) is 32.5 Å². The van der Waals surface area contributed by atoms with E-state index in [4.69, 9.17) is 0 Å². The molecule has 0 aliphatic rings. The van der Waals surface area contributed by atoms with Crippen LogP contribution in [0.2, 0.25) is 0 Å². The third kappa shape index (κ3) is 3.62. The number of fused-ring (bicyclic) bond motifs is 1. The lowest BCUT2D eigenvalue weighted by Gasteiger charge is -2.17. The van der Waals surface area contributed by atoms with Gasteiger partial charge < -0.3 is 10.0 Å². The van der Waals surface area contributed by atoms with Crippen LogP contribution in [0, 0.1) is 0 Å². The first-order valence-electron chi connectivity index (χ1n) is 6.40. The summed E-state index contributed by atoms with van der Waals surface area (Å²) in [6.07, 6.45) is 2.12. The van der Waals surface area contributed by atoms with Gasteiger partial charge in [-0.2, -0.15) is 0 Å². The number of rotatable bonds is 5. The quantitative estimate of drug-likeness (QED) is 0.868. The van der Waals surface area contributed by atoms with Gasteiger partial charge in [0.05, 0.1) is 11.8 Å². The number of hydrogen-bond donors (Lipinski definition) is 1. The molecule has 1 N–H and O–H groups in total. The van der Waals surface area contributed by atoms with Gasteiger partial charge in [-0.1, -0.05) is 6.07 Å². The first-order chi connectivity index (χ1) is 9.06. The van der Waals surface area contributed by atoms with Crippen molar-refractivity contribution < 1.29 is 5.11 Å². The second kappa shape index (κ2) is 5.95. The summed E-state index contributed by atoms with van der Waals surface area (Å²) in [4.78, 5) is 18.4. The normalized spacial score (nSPS) is 13.1. The maximum absolute atomic E-state index is 11.9. The first kappa shape index (κ1) is 13.7. The molecule has 0 saturated heterocycles. The van der Waals surface area contributed by atoms with E-state index in [0.717, 1.165) is 12.2 Å². The van der Waals surface area contributed by atoms with Crippen LogP contribution in [0.1, 0.15) is 19.0 Å². The molecule has 0 spiro atoms. The Balaban J connectivity index is 2.15. The number of aliphatic hydroxyl groups excluding tert-OH is 1. The average Bonchev–Trinajstić information content (AvgIpc) is 2.36. The molecule has 0 aliphatic carbocycles. The van der Waals surface area contributed by atoms with Gasteiger partial charge in [0.2, 0.25) is 0 Å². The summed E-state index contributed by atoms with van der Waals surface area (Å²) < 4.78 is 1.53. The summed E-state index contributed by atoms with van der Waals surface area (Å²) in [6, 6.07) is 7.06. The van der Waals surface area contributed by atoms with Crippen molar-refractivity contribution in [3.05, 3.63) is 46.5 Å². The Hall–Kier alpha value is -1.72. The summed E-state index contributed by atoms with van der Waals surface area (Å²) in [7, 11) is 1.96. The topological polar surface area (TPSA) is 57.8 Å². The van der Waals surface area contributed by atoms with Crippen molar-refractivity contribution in [2.24, 2.45) is 0 Å². The summed E-state index contributed by atoms with van der Waals surface area (Å²) in [6.45, 7) is 3.15. The highest BCUT2D eigenvalue weighted by molar-refractivity contribution is 5.37. The van der Waals surface area contributed by atoms with E-state index in [-0.39, 0.29) is 11.7 Å². The highest BCUT2D eigenvalue weighted by atomic mass is 16.3. The number of hydrogen-bond acceptors (Lipinski definition) is 4. The first-order valence-corrected chi connectivity index (χ1v) is 6.40. The lowest BCUT2D eigenvalue weighted by molar-refractivity contribution is 0.162. The molecule has 5 heteroatoms. The molecular weight excluding hydrogens is 242 g/mol. The molecule has 0 radical (unpaired) electrons. The van der Waals surface area contributed by atoms with Crippen LogP contribution in [0.4, 0.5) is 0 Å². The van der Waals surface area contributed by atoms with Crippen LogP contribution in [0.25, 0.3) is 5.65 Å². The predicted octanol–water partition coefficient (Wildman–Crippen LogP) is 0.897. The molecule has 0 saturated carbocycles. The Kier molecular flexibility index (Phi) is 4.29. The third-order valence-electron chi connectivity index (χ3n) is 2.98. The van der Waals surface area contributed by atoms with Gasteiger partial charge in [-0.25, -0.2) is 4.98 Å². The lowest BCUT2D eigenvalue weighted by Crippen LogP contribution is -2.24. The van der Waals surface area contributed by atoms with Crippen LogP contribution in [-0.4, -0.2) is 39.1 Å². The van der Waals surface area contributed by atoms with E-state index >= 15 is 0 Å². The molecule has 5 nitrogen and oxygen atoms in total. The van der Waals surface area contributed by atoms with Gasteiger partial charge in [-0.3, -0.25) is 9.20 Å². The van der Waals surface area contributed by atoms with Crippen molar-refractivity contribution >= 4 is 5.65 Å². The molecule has 0 aliphatic heterocycles. The van der Waals surface area contributed by atoms with Crippen molar-refractivity contribution in [1.82, 2.24) is 14.3 Å². The van der Waals surface area contributed by atoms with Gasteiger partial charge >= 0.3 is 0 Å². The summed E-state index contributed by atoms with van der Waals surface area (Å²) >= 11 is 0. The minimum Gasteiger partial charge on any atom is -0.393 e. The molecule has 2 aromatic rings. The minimum atomic E-state index is -0.308. The number of nitrogens with zero attached hydrogens (tertiary/aromatic N) is 3. The fraction of sp³-hybridized carbons (Fsp3) is 0.429. The molecule has 0 fully saturated rings. The zero-order chi connectivity index (χ0) is 13.8. The van der Waals surface area contributed by atoms with Gasteiger partial charge in [0.1, 0.15) is 5.65 Å². The Morgan fingerprint density at radius 3 is 3.00 bits per heavy atom. The Morgan fingerprint density at radius 1 is 1.47 bits per heavy atom. The van der Waals surface area contributed by atoms with Crippen LogP contribution in [0.3, 0.4) is 0 Å². The molecular formula is C14H19N3O2. The molecule has 0 aromatic carbocycles. The number of aliphatic hydroxyl groups is 1. The van der Waals surface area contributed by atoms with Gasteiger partial charge in [-0.15, -0.1) is 0 Å². The Morgan fingerprint density at radius 2 is 2.26 bits per heavy atom. The second-order valence-electron chi connectivity index (χ2n) is 4.89. The maximum Gasteiger partial charge on any atom is 0.258 e. The summed E-state index contributed by atoms with van der Waals surface area (Å²) in [5.41, 5.74) is 1.35. The van der Waals surface area contributed by atoms with Crippen LogP contribution in [-0.2, 0) is 6.54 Å². The zero-order valence-electron chi connectivity index (χ0n) is 11.3. The van der Waals surface area contributed by atoms with Crippen LogP contribution in [0.15, 0.2) is 35.3 Å². The molecule has 2 aromatic heterocycles. The highest BCUT2D eigenvalue weighted by Crippen LogP contribution is 2.03. The predicted molar refractivity (Wildman–Crippen MR) is 74.1 cm³/mol. The fourth-order valence-electron chi connectivity index (χ4n) is 1.95. The van der Waals surface area contributed by atoms with Crippen molar-refractivity contribution in [2.75, 3.05) is 13.6 Å². The minimum absolute atomic E-state index is 0.0653. The van der Waals surface area contributed by atoms with Crippen LogP contribution in [0.5, 0.6) is 0 Å². The van der Waals surface area contributed by atoms with E-state index in [0.29, 0.717) is 18.6 Å². The molecule has 102 valence electrons. The molecule has 1 atom stereocenters. The molecule has 19 heavy (non-hydrogen) atoms. The van der Waals surface area contributed by atoms with Crippen molar-refractivity contribution in [3.8, 4) is 0 Å². The molecule has 0 amide bonds. The number of aromatic nitrogens is 2. The molecule has 2 heterocycles. The molecule has 2 rings (SSSR count). The summed E-state index contributed by atoms with van der Waals surface area (Å²) in [5.74, 6) is 0. The standard InChI is InChI=1S/C14H19N3O2/c1-11(18)6-8-16(2)10-12-9-14(19)17-7-4-3-5-13(17)15-12/h3-5,7,9,11,18H,6,8,10H2,1-2H3. The van der Waals surface area contributed by atoms with E-state index in [1.807, 2.05) is 30.1 Å². The smallest absolute Gasteiger partial charge is 0.258 e. The third-order valence-corrected chi connectivity index (χ3v) is 2.98. The monoisotopic (exact) mass is 261 g/mol. The molecule has 1 unspecified atom stereocenters.